The van der Waals surface area contributed by atoms with E-state index < -0.39 is 10.8 Å². The van der Waals surface area contributed by atoms with Crippen LogP contribution in [0, 0.1) is 51.4 Å². The fourth-order valence-electron chi connectivity index (χ4n) is 11.1. The van der Waals surface area contributed by atoms with Gasteiger partial charge >= 0.3 is 0 Å². The number of fused-ring (bicyclic) bond motifs is 7. The van der Waals surface area contributed by atoms with Crippen molar-refractivity contribution < 1.29 is 14.3 Å². The van der Waals surface area contributed by atoms with Crippen LogP contribution in [-0.2, 0) is 14.3 Å². The van der Waals surface area contributed by atoms with E-state index in [0.717, 1.165) is 52.0 Å². The number of ketones is 2. The molecule has 4 fully saturated rings. The molecule has 0 aromatic heterocycles. The van der Waals surface area contributed by atoms with E-state index in [1.165, 1.54) is 24.8 Å². The monoisotopic (exact) mass is 532 g/mol. The molecule has 0 aromatic carbocycles. The van der Waals surface area contributed by atoms with Crippen LogP contribution in [0.4, 0.5) is 0 Å². The highest BCUT2D eigenvalue weighted by Crippen LogP contribution is 2.74. The van der Waals surface area contributed by atoms with E-state index >= 15 is 0 Å². The molecule has 0 aromatic rings. The van der Waals surface area contributed by atoms with E-state index in [9.17, 15) is 9.59 Å². The van der Waals surface area contributed by atoms with Gasteiger partial charge in [0.05, 0.1) is 19.8 Å². The molecule has 6 rings (SSSR count). The molecule has 0 bridgehead atoms. The van der Waals surface area contributed by atoms with Crippen molar-refractivity contribution in [2.45, 2.75) is 99.0 Å². The van der Waals surface area contributed by atoms with E-state index in [-0.39, 0.29) is 45.1 Å². The normalized spacial score (nSPS) is 49.4. The molecule has 0 unspecified atom stereocenters. The van der Waals surface area contributed by atoms with E-state index in [1.807, 2.05) is 26.0 Å². The second-order valence-electron chi connectivity index (χ2n) is 15.8. The van der Waals surface area contributed by atoms with Crippen molar-refractivity contribution in [3.63, 3.8) is 0 Å². The average molecular weight is 533 g/mol. The van der Waals surface area contributed by atoms with Crippen LogP contribution in [0.25, 0.3) is 4.85 Å². The minimum atomic E-state index is -0.610. The number of morpholine rings is 1. The molecule has 5 nitrogen and oxygen atoms in total. The zero-order chi connectivity index (χ0) is 28.2. The van der Waals surface area contributed by atoms with Gasteiger partial charge in [-0.05, 0) is 86.0 Å². The Bertz CT molecular complexity index is 1220. The van der Waals surface area contributed by atoms with E-state index in [4.69, 9.17) is 11.3 Å². The van der Waals surface area contributed by atoms with Crippen molar-refractivity contribution in [2.24, 2.45) is 44.8 Å². The van der Waals surface area contributed by atoms with Gasteiger partial charge in [-0.1, -0.05) is 53.2 Å². The Morgan fingerprint density at radius 2 is 1.62 bits per heavy atom. The second kappa shape index (κ2) is 8.39. The van der Waals surface area contributed by atoms with Gasteiger partial charge < -0.3 is 9.53 Å². The number of ether oxygens (including phenoxy) is 1. The van der Waals surface area contributed by atoms with Crippen LogP contribution in [0.3, 0.4) is 0 Å². The summed E-state index contributed by atoms with van der Waals surface area (Å²) in [5.41, 5.74) is 0.441. The lowest BCUT2D eigenvalue weighted by molar-refractivity contribution is -0.173. The third-order valence-electron chi connectivity index (χ3n) is 13.8. The Morgan fingerprint density at radius 3 is 2.28 bits per heavy atom. The Balaban J connectivity index is 1.45. The van der Waals surface area contributed by atoms with Crippen molar-refractivity contribution in [1.29, 1.82) is 0 Å². The Morgan fingerprint density at radius 1 is 0.949 bits per heavy atom. The number of carbonyl (C=O) groups excluding carboxylic acids is 2. The summed E-state index contributed by atoms with van der Waals surface area (Å²) in [6.07, 6.45) is 11.7. The lowest BCUT2D eigenvalue weighted by atomic mass is 9.34. The molecule has 0 N–H and O–H groups in total. The summed E-state index contributed by atoms with van der Waals surface area (Å²) >= 11 is 0. The molecule has 1 heterocycles. The first kappa shape index (κ1) is 27.4. The maximum Gasteiger partial charge on any atom is 0.226 e. The maximum atomic E-state index is 14.6. The fourth-order valence-corrected chi connectivity index (χ4v) is 11.1. The molecule has 1 saturated heterocycles. The highest BCUT2D eigenvalue weighted by molar-refractivity contribution is 6.03. The molecule has 212 valence electrons. The smallest absolute Gasteiger partial charge is 0.226 e. The molecule has 5 aliphatic carbocycles. The van der Waals surface area contributed by atoms with E-state index in [1.54, 1.807) is 0 Å². The van der Waals surface area contributed by atoms with Crippen LogP contribution in [0.5, 0.6) is 0 Å². The molecular weight excluding hydrogens is 484 g/mol. The number of nitrogens with zero attached hydrogens (tertiary/aromatic N) is 2. The molecule has 3 saturated carbocycles. The zero-order valence-corrected chi connectivity index (χ0v) is 25.3. The molecule has 0 radical (unpaired) electrons. The van der Waals surface area contributed by atoms with Crippen molar-refractivity contribution >= 4 is 11.6 Å². The summed E-state index contributed by atoms with van der Waals surface area (Å²) in [6, 6.07) is 0. The summed E-state index contributed by atoms with van der Waals surface area (Å²) in [7, 11) is 0. The summed E-state index contributed by atoms with van der Waals surface area (Å²) in [4.78, 5) is 34.2. The number of rotatable bonds is 1. The lowest BCUT2D eigenvalue weighted by Crippen LogP contribution is -2.66. The highest BCUT2D eigenvalue weighted by Gasteiger charge is 2.69. The first-order chi connectivity index (χ1) is 18.2. The zero-order valence-electron chi connectivity index (χ0n) is 25.3. The topological polar surface area (TPSA) is 51.0 Å². The van der Waals surface area contributed by atoms with Gasteiger partial charge in [0.15, 0.2) is 11.6 Å². The summed E-state index contributed by atoms with van der Waals surface area (Å²) in [5.74, 6) is 0.760. The molecular formula is C34H48N2O3. The quantitative estimate of drug-likeness (QED) is 0.355. The maximum absolute atomic E-state index is 14.6. The second-order valence-corrected chi connectivity index (χ2v) is 15.8. The molecule has 0 amide bonds. The first-order valence-electron chi connectivity index (χ1n) is 15.4. The predicted molar refractivity (Wildman–Crippen MR) is 153 cm³/mol. The average Bonchev–Trinajstić information content (AvgIpc) is 2.89. The van der Waals surface area contributed by atoms with Crippen LogP contribution >= 0.6 is 0 Å². The number of allylic oxidation sites excluding steroid dienone is 4. The molecule has 6 aliphatic rings. The largest absolute Gasteiger partial charge is 0.379 e. The van der Waals surface area contributed by atoms with E-state index in [0.29, 0.717) is 11.7 Å². The van der Waals surface area contributed by atoms with Crippen molar-refractivity contribution in [2.75, 3.05) is 26.3 Å². The number of hydrogen-bond acceptors (Lipinski definition) is 4. The van der Waals surface area contributed by atoms with Gasteiger partial charge in [0.2, 0.25) is 5.70 Å². The number of hydrogen-bond donors (Lipinski definition) is 0. The van der Waals surface area contributed by atoms with Crippen molar-refractivity contribution in [3.05, 3.63) is 34.8 Å². The van der Waals surface area contributed by atoms with Crippen LogP contribution in [0.1, 0.15) is 93.4 Å². The minimum absolute atomic E-state index is 0.0216. The summed E-state index contributed by atoms with van der Waals surface area (Å²) < 4.78 is 5.70. The molecule has 5 heteroatoms. The molecule has 0 spiro atoms. The van der Waals surface area contributed by atoms with Gasteiger partial charge in [-0.15, -0.1) is 0 Å². The van der Waals surface area contributed by atoms with Crippen molar-refractivity contribution in [1.82, 2.24) is 4.90 Å². The van der Waals surface area contributed by atoms with Gasteiger partial charge in [-0.3, -0.25) is 9.69 Å². The van der Waals surface area contributed by atoms with Crippen LogP contribution < -0.4 is 0 Å². The van der Waals surface area contributed by atoms with Gasteiger partial charge in [-0.25, -0.2) is 4.85 Å². The molecule has 8 atom stereocenters. The highest BCUT2D eigenvalue weighted by atomic mass is 16.5. The van der Waals surface area contributed by atoms with Gasteiger partial charge in [0.25, 0.3) is 0 Å². The van der Waals surface area contributed by atoms with Crippen LogP contribution in [0.15, 0.2) is 23.4 Å². The minimum Gasteiger partial charge on any atom is -0.379 e. The van der Waals surface area contributed by atoms with E-state index in [2.05, 4.69) is 44.4 Å². The SMILES string of the molecule is [C-]#[N+]C1=C[C@]2(C)C3=CC(=O)[C@@H]4[C@@H]5C[C@@](C)(N6CCOCC6)CC[C@]5(C)CC[C@@]4(C)[C@]3(C)CC[C@H]2C(C)(C)C1=O. The Labute approximate surface area is 235 Å². The third-order valence-corrected chi connectivity index (χ3v) is 13.8. The van der Waals surface area contributed by atoms with Crippen LogP contribution in [-0.4, -0.2) is 48.3 Å². The summed E-state index contributed by atoms with van der Waals surface area (Å²) in [6.45, 7) is 27.4. The lowest BCUT2D eigenvalue weighted by Gasteiger charge is -2.69. The molecule has 1 aliphatic heterocycles. The number of carbonyl (C=O) groups is 2. The Hall–Kier alpha value is -1.77. The van der Waals surface area contributed by atoms with Crippen molar-refractivity contribution in [3.8, 4) is 0 Å². The molecule has 39 heavy (non-hydrogen) atoms. The van der Waals surface area contributed by atoms with Crippen LogP contribution in [0.2, 0.25) is 0 Å². The predicted octanol–water partition coefficient (Wildman–Crippen LogP) is 6.64. The third kappa shape index (κ3) is 3.43. The standard InChI is InChI=1S/C34H48N2O3/c1-29(2)25-9-10-33(6)26(32(25,5)21-23(35-8)28(29)38)19-24(37)27-22-20-31(4,36-15-17-39-18-16-36)13-11-30(22,3)12-14-34(27,33)7/h19,21-22,25,27H,9-18,20H2,1-7H3/t22-,25-,27-,30+,31-,32-,33+,34+/m0/s1. The fraction of sp³-hybridized carbons (Fsp3) is 0.794. The number of Topliss-reactive ketones (excluding diaryl/α,β-unsaturated/α-hetero) is 1. The van der Waals surface area contributed by atoms with Gasteiger partial charge in [0, 0.05) is 35.4 Å². The Kier molecular flexibility index (Phi) is 5.89. The van der Waals surface area contributed by atoms with Gasteiger partial charge in [0.1, 0.15) is 0 Å². The first-order valence-corrected chi connectivity index (χ1v) is 15.4. The summed E-state index contributed by atoms with van der Waals surface area (Å²) in [5, 5.41) is 0. The van der Waals surface area contributed by atoms with Gasteiger partial charge in [-0.2, -0.15) is 0 Å².